The van der Waals surface area contributed by atoms with Crippen molar-refractivity contribution in [1.82, 2.24) is 0 Å². The second kappa shape index (κ2) is 8.74. The molecule has 2 aromatic carbocycles. The lowest BCUT2D eigenvalue weighted by molar-refractivity contribution is -0.112. The van der Waals surface area contributed by atoms with E-state index in [1.807, 2.05) is 56.3 Å². The highest BCUT2D eigenvalue weighted by Gasteiger charge is 2.13. The van der Waals surface area contributed by atoms with Gasteiger partial charge in [-0.25, -0.2) is 0 Å². The molecule has 0 saturated heterocycles. The van der Waals surface area contributed by atoms with Crippen LogP contribution in [0.5, 0.6) is 5.75 Å². The molecule has 140 valence electrons. The number of nitriles is 1. The van der Waals surface area contributed by atoms with Crippen molar-refractivity contribution < 1.29 is 13.9 Å². The molecule has 3 rings (SSSR count). The van der Waals surface area contributed by atoms with Crippen LogP contribution in [0.25, 0.3) is 17.4 Å². The molecule has 0 fully saturated rings. The first-order chi connectivity index (χ1) is 13.6. The molecule has 0 atom stereocenters. The molecule has 1 heterocycles. The quantitative estimate of drug-likeness (QED) is 0.477. The number of nitrogens with one attached hydrogen (secondary N) is 1. The Kier molecular flexibility index (Phi) is 5.93. The smallest absolute Gasteiger partial charge is 0.266 e. The molecule has 0 aliphatic carbocycles. The standard InChI is InChI=1S/C23H20N2O3/c1-3-27-22-7-5-4-6-20(22)25-23(26)18(15-24)14-19-12-13-21(28-19)17-10-8-16(2)9-11-17/h4-14H,3H2,1-2H3,(H,25,26)/b18-14+. The molecule has 28 heavy (non-hydrogen) atoms. The number of aryl methyl sites for hydroxylation is 1. The van der Waals surface area contributed by atoms with E-state index in [1.54, 1.807) is 24.3 Å². The maximum Gasteiger partial charge on any atom is 0.266 e. The minimum atomic E-state index is -0.525. The van der Waals surface area contributed by atoms with Gasteiger partial charge in [-0.1, -0.05) is 42.0 Å². The Balaban J connectivity index is 1.80. The van der Waals surface area contributed by atoms with E-state index in [-0.39, 0.29) is 5.57 Å². The Hall–Kier alpha value is -3.78. The number of carbonyl (C=O) groups excluding carboxylic acids is 1. The molecule has 0 saturated carbocycles. The van der Waals surface area contributed by atoms with Crippen LogP contribution in [0.4, 0.5) is 5.69 Å². The molecule has 0 aliphatic rings. The van der Waals surface area contributed by atoms with Crippen molar-refractivity contribution >= 4 is 17.7 Å². The molecule has 1 amide bonds. The lowest BCUT2D eigenvalue weighted by Gasteiger charge is -2.10. The van der Waals surface area contributed by atoms with Crippen LogP contribution in [0.3, 0.4) is 0 Å². The molecule has 1 aromatic heterocycles. The van der Waals surface area contributed by atoms with E-state index in [9.17, 15) is 10.1 Å². The summed E-state index contributed by atoms with van der Waals surface area (Å²) in [6.07, 6.45) is 1.43. The summed E-state index contributed by atoms with van der Waals surface area (Å²) in [6.45, 7) is 4.35. The Labute approximate surface area is 163 Å². The van der Waals surface area contributed by atoms with E-state index in [2.05, 4.69) is 5.32 Å². The highest BCUT2D eigenvalue weighted by Crippen LogP contribution is 2.26. The highest BCUT2D eigenvalue weighted by atomic mass is 16.5. The van der Waals surface area contributed by atoms with Crippen LogP contribution in [-0.2, 0) is 4.79 Å². The summed E-state index contributed by atoms with van der Waals surface area (Å²) in [4.78, 5) is 12.5. The van der Waals surface area contributed by atoms with Gasteiger partial charge in [0, 0.05) is 11.6 Å². The van der Waals surface area contributed by atoms with Gasteiger partial charge in [0.1, 0.15) is 28.9 Å². The van der Waals surface area contributed by atoms with Crippen LogP contribution < -0.4 is 10.1 Å². The number of anilines is 1. The first-order valence-electron chi connectivity index (χ1n) is 8.92. The third-order valence-corrected chi connectivity index (χ3v) is 4.05. The zero-order valence-corrected chi connectivity index (χ0v) is 15.7. The maximum absolute atomic E-state index is 12.5. The van der Waals surface area contributed by atoms with Crippen LogP contribution in [0.15, 0.2) is 70.7 Å². The number of amides is 1. The van der Waals surface area contributed by atoms with Gasteiger partial charge < -0.3 is 14.5 Å². The monoisotopic (exact) mass is 372 g/mol. The van der Waals surface area contributed by atoms with Crippen LogP contribution >= 0.6 is 0 Å². The van der Waals surface area contributed by atoms with Crippen LogP contribution in [0, 0.1) is 18.3 Å². The number of ether oxygens (including phenoxy) is 1. The lowest BCUT2D eigenvalue weighted by atomic mass is 10.1. The second-order valence-corrected chi connectivity index (χ2v) is 6.12. The average molecular weight is 372 g/mol. The van der Waals surface area contributed by atoms with Crippen LogP contribution in [0.1, 0.15) is 18.2 Å². The Morgan fingerprint density at radius 3 is 2.61 bits per heavy atom. The van der Waals surface area contributed by atoms with Crippen LogP contribution in [0.2, 0.25) is 0 Å². The lowest BCUT2D eigenvalue weighted by Crippen LogP contribution is -2.14. The number of para-hydroxylation sites is 2. The summed E-state index contributed by atoms with van der Waals surface area (Å²) in [5.41, 5.74) is 2.54. The Morgan fingerprint density at radius 1 is 1.14 bits per heavy atom. The summed E-state index contributed by atoms with van der Waals surface area (Å²) < 4.78 is 11.3. The van der Waals surface area contributed by atoms with Gasteiger partial charge in [-0.05, 0) is 38.1 Å². The number of hydrogen-bond donors (Lipinski definition) is 1. The van der Waals surface area contributed by atoms with Gasteiger partial charge in [-0.2, -0.15) is 5.26 Å². The van der Waals surface area contributed by atoms with Crippen molar-refractivity contribution in [2.75, 3.05) is 11.9 Å². The van der Waals surface area contributed by atoms with Crippen LogP contribution in [-0.4, -0.2) is 12.5 Å². The van der Waals surface area contributed by atoms with Crippen molar-refractivity contribution in [2.24, 2.45) is 0 Å². The molecule has 0 aliphatic heterocycles. The molecule has 0 radical (unpaired) electrons. The van der Waals surface area contributed by atoms with Gasteiger partial charge in [0.2, 0.25) is 0 Å². The second-order valence-electron chi connectivity index (χ2n) is 6.12. The topological polar surface area (TPSA) is 75.3 Å². The molecule has 1 N–H and O–H groups in total. The molecular weight excluding hydrogens is 352 g/mol. The number of furan rings is 1. The zero-order valence-electron chi connectivity index (χ0n) is 15.7. The SMILES string of the molecule is CCOc1ccccc1NC(=O)/C(C#N)=C/c1ccc(-c2ccc(C)cc2)o1. The van der Waals surface area contributed by atoms with E-state index in [4.69, 9.17) is 9.15 Å². The highest BCUT2D eigenvalue weighted by molar-refractivity contribution is 6.10. The van der Waals surface area contributed by atoms with Gasteiger partial charge in [0.05, 0.1) is 12.3 Å². The summed E-state index contributed by atoms with van der Waals surface area (Å²) in [5.74, 6) is 1.13. The Morgan fingerprint density at radius 2 is 1.89 bits per heavy atom. The van der Waals surface area contributed by atoms with Crippen molar-refractivity contribution in [2.45, 2.75) is 13.8 Å². The number of hydrogen-bond acceptors (Lipinski definition) is 4. The summed E-state index contributed by atoms with van der Waals surface area (Å²) in [5, 5.41) is 12.1. The number of carbonyl (C=O) groups is 1. The number of rotatable bonds is 6. The third-order valence-electron chi connectivity index (χ3n) is 4.05. The van der Waals surface area contributed by atoms with Crippen molar-refractivity contribution in [1.29, 1.82) is 5.26 Å². The van der Waals surface area contributed by atoms with Crippen molar-refractivity contribution in [3.8, 4) is 23.1 Å². The summed E-state index contributed by atoms with van der Waals surface area (Å²) >= 11 is 0. The normalized spacial score (nSPS) is 11.0. The average Bonchev–Trinajstić information content (AvgIpc) is 3.17. The predicted octanol–water partition coefficient (Wildman–Crippen LogP) is 5.20. The fourth-order valence-electron chi connectivity index (χ4n) is 2.64. The molecule has 3 aromatic rings. The minimum absolute atomic E-state index is 0.0592. The molecular formula is C23H20N2O3. The largest absolute Gasteiger partial charge is 0.492 e. The molecule has 5 heteroatoms. The van der Waals surface area contributed by atoms with Gasteiger partial charge >= 0.3 is 0 Å². The van der Waals surface area contributed by atoms with E-state index in [0.717, 1.165) is 11.1 Å². The molecule has 5 nitrogen and oxygen atoms in total. The molecule has 0 bridgehead atoms. The third kappa shape index (κ3) is 4.49. The molecule has 0 spiro atoms. The maximum atomic E-state index is 12.5. The number of benzene rings is 2. The van der Waals surface area contributed by atoms with Gasteiger partial charge in [-0.3, -0.25) is 4.79 Å². The van der Waals surface area contributed by atoms with E-state index in [1.165, 1.54) is 6.08 Å². The fourth-order valence-corrected chi connectivity index (χ4v) is 2.64. The zero-order chi connectivity index (χ0) is 19.9. The van der Waals surface area contributed by atoms with E-state index < -0.39 is 5.91 Å². The van der Waals surface area contributed by atoms with Gasteiger partial charge in [0.15, 0.2) is 0 Å². The number of nitrogens with zero attached hydrogens (tertiary/aromatic N) is 1. The van der Waals surface area contributed by atoms with E-state index in [0.29, 0.717) is 29.6 Å². The summed E-state index contributed by atoms with van der Waals surface area (Å²) in [6, 6.07) is 20.5. The first-order valence-corrected chi connectivity index (χ1v) is 8.92. The van der Waals surface area contributed by atoms with Crippen molar-refractivity contribution in [3.05, 3.63) is 77.6 Å². The minimum Gasteiger partial charge on any atom is -0.492 e. The summed E-state index contributed by atoms with van der Waals surface area (Å²) in [7, 11) is 0. The van der Waals surface area contributed by atoms with Gasteiger partial charge in [-0.15, -0.1) is 0 Å². The first kappa shape index (κ1) is 19.0. The fraction of sp³-hybridized carbons (Fsp3) is 0.130. The predicted molar refractivity (Wildman–Crippen MR) is 109 cm³/mol. The van der Waals surface area contributed by atoms with Gasteiger partial charge in [0.25, 0.3) is 5.91 Å². The Bertz CT molecular complexity index is 1040. The molecule has 0 unspecified atom stereocenters. The van der Waals surface area contributed by atoms with Crippen molar-refractivity contribution in [3.63, 3.8) is 0 Å². The van der Waals surface area contributed by atoms with E-state index >= 15 is 0 Å².